The minimum atomic E-state index is -1.07. The predicted molar refractivity (Wildman–Crippen MR) is 93.6 cm³/mol. The van der Waals surface area contributed by atoms with E-state index in [1.54, 1.807) is 48.5 Å². The average Bonchev–Trinajstić information content (AvgIpc) is 2.58. The zero-order chi connectivity index (χ0) is 17.5. The molecule has 0 unspecified atom stereocenters. The first-order valence-electron chi connectivity index (χ1n) is 7.00. The van der Waals surface area contributed by atoms with Crippen LogP contribution < -0.4 is 9.47 Å². The van der Waals surface area contributed by atoms with Crippen LogP contribution in [-0.4, -0.2) is 30.6 Å². The second kappa shape index (κ2) is 8.31. The number of carbonyl (C=O) groups excluding carboxylic acids is 1. The van der Waals surface area contributed by atoms with Gasteiger partial charge in [0.25, 0.3) is 0 Å². The summed E-state index contributed by atoms with van der Waals surface area (Å²) in [4.78, 5) is 22.7. The van der Waals surface area contributed by atoms with E-state index in [1.165, 1.54) is 13.2 Å². The number of ketones is 1. The molecule has 0 aliphatic carbocycles. The number of methoxy groups -OCH3 is 1. The lowest BCUT2D eigenvalue weighted by Gasteiger charge is -2.09. The van der Waals surface area contributed by atoms with E-state index in [-0.39, 0.29) is 5.78 Å². The van der Waals surface area contributed by atoms with Gasteiger partial charge in [-0.3, -0.25) is 4.79 Å². The molecule has 2 aromatic carbocycles. The third kappa shape index (κ3) is 4.96. The molecule has 6 heteroatoms. The molecule has 24 heavy (non-hydrogen) atoms. The van der Waals surface area contributed by atoms with Gasteiger partial charge < -0.3 is 14.6 Å². The summed E-state index contributed by atoms with van der Waals surface area (Å²) in [5, 5.41) is 8.65. The molecule has 2 aromatic rings. The molecule has 0 aliphatic heterocycles. The van der Waals surface area contributed by atoms with Gasteiger partial charge in [0.1, 0.15) is 0 Å². The number of aliphatic carboxylic acids is 1. The van der Waals surface area contributed by atoms with Gasteiger partial charge in [-0.05, 0) is 48.0 Å². The summed E-state index contributed by atoms with van der Waals surface area (Å²) < 4.78 is 11.2. The van der Waals surface area contributed by atoms with Gasteiger partial charge in [0.2, 0.25) is 0 Å². The summed E-state index contributed by atoms with van der Waals surface area (Å²) in [5.74, 6) is -0.459. The van der Waals surface area contributed by atoms with Gasteiger partial charge in [-0.2, -0.15) is 0 Å². The number of ether oxygens (including phenoxy) is 2. The van der Waals surface area contributed by atoms with Crippen molar-refractivity contribution in [2.45, 2.75) is 0 Å². The lowest BCUT2D eigenvalue weighted by molar-refractivity contribution is -0.139. The molecule has 1 N–H and O–H groups in total. The molecule has 0 spiro atoms. The van der Waals surface area contributed by atoms with Crippen molar-refractivity contribution in [3.63, 3.8) is 0 Å². The smallest absolute Gasteiger partial charge is 0.341 e. The molecular weight excluding hydrogens is 376 g/mol. The highest BCUT2D eigenvalue weighted by atomic mass is 79.9. The Morgan fingerprint density at radius 3 is 2.46 bits per heavy atom. The topological polar surface area (TPSA) is 72.8 Å². The van der Waals surface area contributed by atoms with E-state index in [4.69, 9.17) is 14.6 Å². The fourth-order valence-corrected chi connectivity index (χ4v) is 2.19. The van der Waals surface area contributed by atoms with Crippen LogP contribution in [0.25, 0.3) is 6.08 Å². The van der Waals surface area contributed by atoms with E-state index in [2.05, 4.69) is 15.9 Å². The van der Waals surface area contributed by atoms with Crippen molar-refractivity contribution >= 4 is 33.8 Å². The summed E-state index contributed by atoms with van der Waals surface area (Å²) in [6, 6.07) is 12.1. The highest BCUT2D eigenvalue weighted by Crippen LogP contribution is 2.28. The number of benzene rings is 2. The SMILES string of the molecule is COc1cc(/C=C/C(=O)c2ccc(Br)cc2)ccc1OCC(=O)O. The Morgan fingerprint density at radius 1 is 1.12 bits per heavy atom. The molecule has 0 radical (unpaired) electrons. The van der Waals surface area contributed by atoms with E-state index in [0.29, 0.717) is 17.1 Å². The number of rotatable bonds is 7. The van der Waals surface area contributed by atoms with Crippen LogP contribution >= 0.6 is 15.9 Å². The second-order valence-corrected chi connectivity index (χ2v) is 5.71. The van der Waals surface area contributed by atoms with Crippen LogP contribution in [-0.2, 0) is 4.79 Å². The van der Waals surface area contributed by atoms with Crippen molar-refractivity contribution in [3.05, 3.63) is 64.1 Å². The zero-order valence-electron chi connectivity index (χ0n) is 12.9. The Bertz CT molecular complexity index is 765. The van der Waals surface area contributed by atoms with Gasteiger partial charge in [-0.1, -0.05) is 28.1 Å². The molecule has 5 nitrogen and oxygen atoms in total. The first kappa shape index (κ1) is 17.7. The van der Waals surface area contributed by atoms with Gasteiger partial charge in [-0.25, -0.2) is 4.79 Å². The minimum Gasteiger partial charge on any atom is -0.493 e. The summed E-state index contributed by atoms with van der Waals surface area (Å²) in [6.07, 6.45) is 3.13. The highest BCUT2D eigenvalue weighted by molar-refractivity contribution is 9.10. The van der Waals surface area contributed by atoms with E-state index in [1.807, 2.05) is 0 Å². The Hall–Kier alpha value is -2.60. The lowest BCUT2D eigenvalue weighted by atomic mass is 10.1. The number of carboxylic acid groups (broad SMARTS) is 1. The lowest BCUT2D eigenvalue weighted by Crippen LogP contribution is -2.10. The molecule has 0 bridgehead atoms. The number of carbonyl (C=O) groups is 2. The van der Waals surface area contributed by atoms with Crippen LogP contribution in [0.5, 0.6) is 11.5 Å². The first-order chi connectivity index (χ1) is 11.5. The standard InChI is InChI=1S/C18H15BrO5/c1-23-17-10-12(3-9-16(17)24-11-18(21)22)2-8-15(20)13-4-6-14(19)7-5-13/h2-10H,11H2,1H3,(H,21,22)/b8-2+. The number of halogens is 1. The molecule has 2 rings (SSSR count). The van der Waals surface area contributed by atoms with Crippen molar-refractivity contribution in [2.75, 3.05) is 13.7 Å². The van der Waals surface area contributed by atoms with Crippen LogP contribution in [0.1, 0.15) is 15.9 Å². The molecule has 0 fully saturated rings. The Labute approximate surface area is 147 Å². The number of carboxylic acids is 1. The van der Waals surface area contributed by atoms with Crippen LogP contribution in [0.2, 0.25) is 0 Å². The Kier molecular flexibility index (Phi) is 6.14. The maximum absolute atomic E-state index is 12.1. The molecule has 0 aliphatic rings. The molecule has 0 aromatic heterocycles. The summed E-state index contributed by atoms with van der Waals surface area (Å²) in [7, 11) is 1.46. The largest absolute Gasteiger partial charge is 0.493 e. The Morgan fingerprint density at radius 2 is 1.83 bits per heavy atom. The first-order valence-corrected chi connectivity index (χ1v) is 7.79. The minimum absolute atomic E-state index is 0.118. The van der Waals surface area contributed by atoms with Crippen LogP contribution in [0.4, 0.5) is 0 Å². The third-order valence-corrected chi connectivity index (χ3v) is 3.62. The normalized spacial score (nSPS) is 10.6. The van der Waals surface area contributed by atoms with Crippen molar-refractivity contribution < 1.29 is 24.2 Å². The summed E-state index contributed by atoms with van der Waals surface area (Å²) in [6.45, 7) is -0.451. The Balaban J connectivity index is 2.12. The molecule has 0 saturated heterocycles. The van der Waals surface area contributed by atoms with E-state index in [9.17, 15) is 9.59 Å². The average molecular weight is 391 g/mol. The zero-order valence-corrected chi connectivity index (χ0v) is 14.4. The second-order valence-electron chi connectivity index (χ2n) is 4.80. The van der Waals surface area contributed by atoms with Gasteiger partial charge in [0, 0.05) is 10.0 Å². The van der Waals surface area contributed by atoms with Crippen molar-refractivity contribution in [3.8, 4) is 11.5 Å². The fourth-order valence-electron chi connectivity index (χ4n) is 1.93. The van der Waals surface area contributed by atoms with Gasteiger partial charge in [0.05, 0.1) is 7.11 Å². The molecule has 124 valence electrons. The third-order valence-electron chi connectivity index (χ3n) is 3.09. The number of allylic oxidation sites excluding steroid dienone is 1. The molecule has 0 amide bonds. The van der Waals surface area contributed by atoms with E-state index in [0.717, 1.165) is 10.0 Å². The van der Waals surface area contributed by atoms with Gasteiger partial charge in [-0.15, -0.1) is 0 Å². The monoisotopic (exact) mass is 390 g/mol. The fraction of sp³-hybridized carbons (Fsp3) is 0.111. The molecular formula is C18H15BrO5. The maximum atomic E-state index is 12.1. The van der Waals surface area contributed by atoms with E-state index >= 15 is 0 Å². The van der Waals surface area contributed by atoms with Crippen LogP contribution in [0, 0.1) is 0 Å². The van der Waals surface area contributed by atoms with Crippen LogP contribution in [0.3, 0.4) is 0 Å². The molecule has 0 atom stereocenters. The predicted octanol–water partition coefficient (Wildman–Crippen LogP) is 3.82. The quantitative estimate of drug-likeness (QED) is 0.574. The summed E-state index contributed by atoms with van der Waals surface area (Å²) >= 11 is 3.32. The number of hydrogen-bond acceptors (Lipinski definition) is 4. The van der Waals surface area contributed by atoms with Gasteiger partial charge >= 0.3 is 5.97 Å². The van der Waals surface area contributed by atoms with E-state index < -0.39 is 12.6 Å². The van der Waals surface area contributed by atoms with Crippen molar-refractivity contribution in [1.29, 1.82) is 0 Å². The maximum Gasteiger partial charge on any atom is 0.341 e. The highest BCUT2D eigenvalue weighted by Gasteiger charge is 2.07. The molecule has 0 heterocycles. The van der Waals surface area contributed by atoms with Gasteiger partial charge in [0.15, 0.2) is 23.9 Å². The number of hydrogen-bond donors (Lipinski definition) is 1. The molecule has 0 saturated carbocycles. The summed E-state index contributed by atoms with van der Waals surface area (Å²) in [5.41, 5.74) is 1.32. The van der Waals surface area contributed by atoms with Crippen LogP contribution in [0.15, 0.2) is 53.0 Å². The van der Waals surface area contributed by atoms with Crippen molar-refractivity contribution in [1.82, 2.24) is 0 Å². The van der Waals surface area contributed by atoms with Crippen molar-refractivity contribution in [2.24, 2.45) is 0 Å².